The SMILES string of the molecule is C=CC(=O)OCCNC(=O)Oc1ccc(C(C)(C)CC)cc1. The fourth-order valence-electron chi connectivity index (χ4n) is 1.69. The molecule has 0 unspecified atom stereocenters. The number of hydrogen-bond donors (Lipinski definition) is 1. The number of benzene rings is 1. The van der Waals surface area contributed by atoms with Crippen molar-refractivity contribution in [2.24, 2.45) is 0 Å². The molecule has 5 nitrogen and oxygen atoms in total. The Balaban J connectivity index is 2.42. The van der Waals surface area contributed by atoms with Crippen molar-refractivity contribution in [3.8, 4) is 5.75 Å². The van der Waals surface area contributed by atoms with E-state index in [-0.39, 0.29) is 18.6 Å². The van der Waals surface area contributed by atoms with Crippen LogP contribution in [-0.4, -0.2) is 25.2 Å². The van der Waals surface area contributed by atoms with Crippen molar-refractivity contribution in [1.29, 1.82) is 0 Å². The van der Waals surface area contributed by atoms with Gasteiger partial charge in [-0.1, -0.05) is 39.5 Å². The summed E-state index contributed by atoms with van der Waals surface area (Å²) in [5.74, 6) is -0.0551. The molecule has 22 heavy (non-hydrogen) atoms. The molecule has 0 heterocycles. The number of esters is 1. The summed E-state index contributed by atoms with van der Waals surface area (Å²) in [6, 6.07) is 7.45. The molecule has 0 radical (unpaired) electrons. The average molecular weight is 305 g/mol. The van der Waals surface area contributed by atoms with Crippen molar-refractivity contribution < 1.29 is 19.1 Å². The van der Waals surface area contributed by atoms with E-state index < -0.39 is 12.1 Å². The van der Waals surface area contributed by atoms with Gasteiger partial charge in [0.15, 0.2) is 0 Å². The Kier molecular flexibility index (Phi) is 6.63. The summed E-state index contributed by atoms with van der Waals surface area (Å²) in [7, 11) is 0. The number of carbonyl (C=O) groups excluding carboxylic acids is 2. The topological polar surface area (TPSA) is 64.6 Å². The zero-order chi connectivity index (χ0) is 16.6. The Morgan fingerprint density at radius 1 is 1.27 bits per heavy atom. The van der Waals surface area contributed by atoms with E-state index in [2.05, 4.69) is 32.7 Å². The van der Waals surface area contributed by atoms with Crippen LogP contribution in [0, 0.1) is 0 Å². The first-order valence-corrected chi connectivity index (χ1v) is 7.24. The molecule has 0 saturated carbocycles. The maximum absolute atomic E-state index is 11.6. The molecule has 0 saturated heterocycles. The summed E-state index contributed by atoms with van der Waals surface area (Å²) in [4.78, 5) is 22.4. The third kappa shape index (κ3) is 5.60. The van der Waals surface area contributed by atoms with E-state index in [0.717, 1.165) is 12.5 Å². The second-order valence-corrected chi connectivity index (χ2v) is 5.45. The summed E-state index contributed by atoms with van der Waals surface area (Å²) in [6.07, 6.45) is 1.51. The predicted octanol–water partition coefficient (Wildman–Crippen LogP) is 3.19. The molecule has 1 rings (SSSR count). The van der Waals surface area contributed by atoms with E-state index in [1.54, 1.807) is 12.1 Å². The predicted molar refractivity (Wildman–Crippen MR) is 84.9 cm³/mol. The number of ether oxygens (including phenoxy) is 2. The van der Waals surface area contributed by atoms with Crippen molar-refractivity contribution in [2.75, 3.05) is 13.2 Å². The van der Waals surface area contributed by atoms with E-state index in [9.17, 15) is 9.59 Å². The monoisotopic (exact) mass is 305 g/mol. The highest BCUT2D eigenvalue weighted by molar-refractivity contribution is 5.81. The smallest absolute Gasteiger partial charge is 0.412 e. The van der Waals surface area contributed by atoms with Gasteiger partial charge in [-0.15, -0.1) is 0 Å². The van der Waals surface area contributed by atoms with Crippen LogP contribution in [0.25, 0.3) is 0 Å². The molecule has 1 N–H and O–H groups in total. The van der Waals surface area contributed by atoms with Crippen LogP contribution in [0.1, 0.15) is 32.8 Å². The Labute approximate surface area is 131 Å². The lowest BCUT2D eigenvalue weighted by atomic mass is 9.82. The van der Waals surface area contributed by atoms with Crippen LogP contribution in [0.2, 0.25) is 0 Å². The normalized spacial score (nSPS) is 10.7. The first-order chi connectivity index (χ1) is 10.4. The molecule has 0 aliphatic carbocycles. The highest BCUT2D eigenvalue weighted by Gasteiger charge is 2.17. The third-order valence-corrected chi connectivity index (χ3v) is 3.51. The minimum atomic E-state index is -0.586. The van der Waals surface area contributed by atoms with Gasteiger partial charge in [-0.2, -0.15) is 0 Å². The van der Waals surface area contributed by atoms with Crippen molar-refractivity contribution in [3.63, 3.8) is 0 Å². The second-order valence-electron chi connectivity index (χ2n) is 5.45. The lowest BCUT2D eigenvalue weighted by Crippen LogP contribution is -2.30. The molecule has 5 heteroatoms. The van der Waals surface area contributed by atoms with Gasteiger partial charge in [0.25, 0.3) is 0 Å². The summed E-state index contributed by atoms with van der Waals surface area (Å²) in [6.45, 7) is 10.00. The van der Waals surface area contributed by atoms with Gasteiger partial charge in [-0.05, 0) is 29.5 Å². The molecule has 0 bridgehead atoms. The maximum Gasteiger partial charge on any atom is 0.412 e. The lowest BCUT2D eigenvalue weighted by Gasteiger charge is -2.23. The average Bonchev–Trinajstić information content (AvgIpc) is 2.51. The standard InChI is InChI=1S/C17H23NO4/c1-5-15(19)21-12-11-18-16(20)22-14-9-7-13(8-10-14)17(3,4)6-2/h5,7-10H,1,6,11-12H2,2-4H3,(H,18,20). The summed E-state index contributed by atoms with van der Waals surface area (Å²) in [5, 5.41) is 2.49. The van der Waals surface area contributed by atoms with E-state index in [4.69, 9.17) is 9.47 Å². The molecule has 0 aliphatic heterocycles. The van der Waals surface area contributed by atoms with Crippen molar-refractivity contribution in [3.05, 3.63) is 42.5 Å². The Hall–Kier alpha value is -2.30. The number of amides is 1. The summed E-state index contributed by atoms with van der Waals surface area (Å²) >= 11 is 0. The summed E-state index contributed by atoms with van der Waals surface area (Å²) < 4.78 is 9.87. The number of nitrogens with one attached hydrogen (secondary N) is 1. The van der Waals surface area contributed by atoms with Gasteiger partial charge in [0.2, 0.25) is 0 Å². The van der Waals surface area contributed by atoms with Crippen LogP contribution < -0.4 is 10.1 Å². The molecule has 1 aromatic carbocycles. The molecule has 0 aromatic heterocycles. The quantitative estimate of drug-likeness (QED) is 0.477. The molecule has 0 atom stereocenters. The molecular formula is C17H23NO4. The molecule has 1 aromatic rings. The van der Waals surface area contributed by atoms with E-state index in [1.165, 1.54) is 5.56 Å². The fourth-order valence-corrected chi connectivity index (χ4v) is 1.69. The molecule has 120 valence electrons. The molecule has 0 aliphatic rings. The Morgan fingerprint density at radius 2 is 1.91 bits per heavy atom. The fraction of sp³-hybridized carbons (Fsp3) is 0.412. The molecular weight excluding hydrogens is 282 g/mol. The summed E-state index contributed by atoms with van der Waals surface area (Å²) in [5.41, 5.74) is 1.29. The van der Waals surface area contributed by atoms with E-state index in [1.807, 2.05) is 12.1 Å². The Morgan fingerprint density at radius 3 is 2.45 bits per heavy atom. The minimum Gasteiger partial charge on any atom is -0.461 e. The molecule has 1 amide bonds. The van der Waals surface area contributed by atoms with Gasteiger partial charge in [-0.25, -0.2) is 9.59 Å². The van der Waals surface area contributed by atoms with Crippen LogP contribution in [0.15, 0.2) is 36.9 Å². The zero-order valence-corrected chi connectivity index (χ0v) is 13.3. The second kappa shape index (κ2) is 8.22. The lowest BCUT2D eigenvalue weighted by molar-refractivity contribution is -0.137. The molecule has 0 spiro atoms. The van der Waals surface area contributed by atoms with Crippen LogP contribution in [0.5, 0.6) is 5.75 Å². The van der Waals surface area contributed by atoms with E-state index in [0.29, 0.717) is 5.75 Å². The van der Waals surface area contributed by atoms with Crippen LogP contribution in [0.4, 0.5) is 4.79 Å². The number of carbonyl (C=O) groups is 2. The first kappa shape index (κ1) is 17.8. The Bertz CT molecular complexity index is 520. The largest absolute Gasteiger partial charge is 0.461 e. The van der Waals surface area contributed by atoms with Gasteiger partial charge >= 0.3 is 12.1 Å². The van der Waals surface area contributed by atoms with Gasteiger partial charge < -0.3 is 14.8 Å². The van der Waals surface area contributed by atoms with Crippen LogP contribution in [0.3, 0.4) is 0 Å². The van der Waals surface area contributed by atoms with Crippen molar-refractivity contribution >= 4 is 12.1 Å². The van der Waals surface area contributed by atoms with Crippen molar-refractivity contribution in [1.82, 2.24) is 5.32 Å². The van der Waals surface area contributed by atoms with Gasteiger partial charge in [-0.3, -0.25) is 0 Å². The van der Waals surface area contributed by atoms with E-state index >= 15 is 0 Å². The first-order valence-electron chi connectivity index (χ1n) is 7.24. The minimum absolute atomic E-state index is 0.0730. The number of rotatable bonds is 7. The molecule has 0 fully saturated rings. The van der Waals surface area contributed by atoms with Crippen LogP contribution >= 0.6 is 0 Å². The number of hydrogen-bond acceptors (Lipinski definition) is 4. The van der Waals surface area contributed by atoms with Gasteiger partial charge in [0, 0.05) is 6.08 Å². The third-order valence-electron chi connectivity index (χ3n) is 3.51. The van der Waals surface area contributed by atoms with Crippen LogP contribution in [-0.2, 0) is 14.9 Å². The van der Waals surface area contributed by atoms with Gasteiger partial charge in [0.1, 0.15) is 12.4 Å². The highest BCUT2D eigenvalue weighted by atomic mass is 16.6. The van der Waals surface area contributed by atoms with Crippen molar-refractivity contribution in [2.45, 2.75) is 32.6 Å². The maximum atomic E-state index is 11.6. The van der Waals surface area contributed by atoms with Gasteiger partial charge in [0.05, 0.1) is 6.54 Å². The zero-order valence-electron chi connectivity index (χ0n) is 13.3. The highest BCUT2D eigenvalue weighted by Crippen LogP contribution is 2.27.